The predicted octanol–water partition coefficient (Wildman–Crippen LogP) is 1.64. The highest BCUT2D eigenvalue weighted by Gasteiger charge is 2.41. The van der Waals surface area contributed by atoms with Gasteiger partial charge in [-0.3, -0.25) is 4.90 Å². The van der Waals surface area contributed by atoms with E-state index in [1.807, 2.05) is 6.92 Å². The molecule has 1 aromatic heterocycles. The highest BCUT2D eigenvalue weighted by atomic mass is 32.2. The number of carbonyl (C=O) groups is 1. The number of alkyl halides is 3. The molecule has 0 unspecified atom stereocenters. The molecule has 3 rings (SSSR count). The van der Waals surface area contributed by atoms with Crippen molar-refractivity contribution in [3.8, 4) is 0 Å². The fourth-order valence-electron chi connectivity index (χ4n) is 3.51. The van der Waals surface area contributed by atoms with E-state index in [1.54, 1.807) is 29.7 Å². The molecule has 0 aromatic carbocycles. The second-order valence-electron chi connectivity index (χ2n) is 7.31. The molecule has 166 valence electrons. The molecule has 0 bridgehead atoms. The third-order valence-electron chi connectivity index (χ3n) is 4.92. The number of thiazole rings is 1. The molecule has 0 spiro atoms. The van der Waals surface area contributed by atoms with E-state index < -0.39 is 22.4 Å². The maximum Gasteiger partial charge on any atom is 0.490 e. The van der Waals surface area contributed by atoms with Crippen molar-refractivity contribution in [3.05, 3.63) is 16.1 Å². The molecule has 1 N–H and O–H groups in total. The van der Waals surface area contributed by atoms with Crippen molar-refractivity contribution in [1.29, 1.82) is 0 Å². The zero-order valence-electron chi connectivity index (χ0n) is 16.4. The summed E-state index contributed by atoms with van der Waals surface area (Å²) in [5, 5.41) is 10.4. The number of carboxylic acid groups (broad SMARTS) is 1. The molecule has 2 aliphatic rings. The number of hydrogen-bond acceptors (Lipinski definition) is 6. The molecule has 2 atom stereocenters. The van der Waals surface area contributed by atoms with Gasteiger partial charge in [0, 0.05) is 52.2 Å². The normalized spacial score (nSPS) is 23.6. The first kappa shape index (κ1) is 24.0. The average molecular weight is 459 g/mol. The van der Waals surface area contributed by atoms with Crippen LogP contribution in [0.2, 0.25) is 0 Å². The molecule has 3 heterocycles. The lowest BCUT2D eigenvalue weighted by molar-refractivity contribution is -0.192. The van der Waals surface area contributed by atoms with E-state index in [4.69, 9.17) is 9.90 Å². The van der Waals surface area contributed by atoms with Crippen LogP contribution in [0.15, 0.2) is 5.38 Å². The Morgan fingerprint density at radius 3 is 2.38 bits per heavy atom. The van der Waals surface area contributed by atoms with Crippen molar-refractivity contribution in [2.45, 2.75) is 26.1 Å². The molecule has 8 nitrogen and oxygen atoms in total. The van der Waals surface area contributed by atoms with Gasteiger partial charge >= 0.3 is 12.1 Å². The third kappa shape index (κ3) is 6.35. The number of rotatable bonds is 4. The van der Waals surface area contributed by atoms with Crippen LogP contribution in [0, 0.1) is 18.8 Å². The van der Waals surface area contributed by atoms with Crippen molar-refractivity contribution in [1.82, 2.24) is 18.5 Å². The number of aliphatic carboxylic acids is 1. The van der Waals surface area contributed by atoms with Crippen LogP contribution in [0.1, 0.15) is 17.1 Å². The summed E-state index contributed by atoms with van der Waals surface area (Å²) in [6.07, 6.45) is -4.12. The van der Waals surface area contributed by atoms with E-state index in [9.17, 15) is 21.6 Å². The smallest absolute Gasteiger partial charge is 0.475 e. The summed E-state index contributed by atoms with van der Waals surface area (Å²) in [6.45, 7) is 6.25. The molecule has 2 fully saturated rings. The third-order valence-corrected chi connectivity index (χ3v) is 7.65. The van der Waals surface area contributed by atoms with E-state index in [2.05, 4.69) is 15.3 Å². The zero-order valence-corrected chi connectivity index (χ0v) is 18.0. The van der Waals surface area contributed by atoms with Gasteiger partial charge in [0.2, 0.25) is 0 Å². The molecular formula is C16H25F3N4O4S2. The van der Waals surface area contributed by atoms with Crippen LogP contribution in [-0.4, -0.2) is 84.4 Å². The number of halogens is 3. The van der Waals surface area contributed by atoms with Gasteiger partial charge in [-0.1, -0.05) is 0 Å². The van der Waals surface area contributed by atoms with E-state index in [0.29, 0.717) is 24.9 Å². The Morgan fingerprint density at radius 2 is 1.90 bits per heavy atom. The molecule has 0 saturated carbocycles. The highest BCUT2D eigenvalue weighted by Crippen LogP contribution is 2.33. The minimum atomic E-state index is -5.08. The van der Waals surface area contributed by atoms with Crippen molar-refractivity contribution in [3.63, 3.8) is 0 Å². The van der Waals surface area contributed by atoms with Crippen LogP contribution < -0.4 is 0 Å². The Labute approximate surface area is 172 Å². The first-order chi connectivity index (χ1) is 13.3. The van der Waals surface area contributed by atoms with Gasteiger partial charge < -0.3 is 5.11 Å². The summed E-state index contributed by atoms with van der Waals surface area (Å²) < 4.78 is 59.3. The Kier molecular flexibility index (Phi) is 7.65. The summed E-state index contributed by atoms with van der Waals surface area (Å²) >= 11 is 1.69. The minimum absolute atomic E-state index is 0.447. The summed E-state index contributed by atoms with van der Waals surface area (Å²) in [4.78, 5) is 15.9. The van der Waals surface area contributed by atoms with Gasteiger partial charge in [0.15, 0.2) is 0 Å². The SMILES string of the molecule is Cc1nc(CN2C[C@H]3CCN(S(=O)(=O)N(C)C)C[C@@H]3C2)cs1.O=C(O)C(F)(F)F. The van der Waals surface area contributed by atoms with Crippen molar-refractivity contribution in [2.24, 2.45) is 11.8 Å². The van der Waals surface area contributed by atoms with Crippen molar-refractivity contribution in [2.75, 3.05) is 40.3 Å². The van der Waals surface area contributed by atoms with Crippen LogP contribution in [0.25, 0.3) is 0 Å². The number of aromatic nitrogens is 1. The summed E-state index contributed by atoms with van der Waals surface area (Å²) in [6, 6.07) is 0. The average Bonchev–Trinajstić information content (AvgIpc) is 3.19. The first-order valence-corrected chi connectivity index (χ1v) is 11.2. The molecule has 2 aliphatic heterocycles. The fraction of sp³-hybridized carbons (Fsp3) is 0.750. The second kappa shape index (κ2) is 9.25. The second-order valence-corrected chi connectivity index (χ2v) is 10.5. The summed E-state index contributed by atoms with van der Waals surface area (Å²) in [5.41, 5.74) is 1.14. The van der Waals surface area contributed by atoms with Crippen molar-refractivity contribution >= 4 is 27.5 Å². The topological polar surface area (TPSA) is 94.1 Å². The number of aryl methyl sites for hydroxylation is 1. The fourth-order valence-corrected chi connectivity index (χ4v) is 5.29. The van der Waals surface area contributed by atoms with Gasteiger partial charge in [0.25, 0.3) is 10.2 Å². The van der Waals surface area contributed by atoms with E-state index in [1.165, 1.54) is 4.31 Å². The number of hydrogen-bond donors (Lipinski definition) is 1. The van der Waals surface area contributed by atoms with Crippen LogP contribution in [0.5, 0.6) is 0 Å². The number of likely N-dealkylation sites (tertiary alicyclic amines) is 1. The largest absolute Gasteiger partial charge is 0.490 e. The molecule has 29 heavy (non-hydrogen) atoms. The maximum atomic E-state index is 12.3. The first-order valence-electron chi connectivity index (χ1n) is 8.91. The highest BCUT2D eigenvalue weighted by molar-refractivity contribution is 7.86. The molecule has 13 heteroatoms. The Bertz CT molecular complexity index is 813. The molecule has 0 radical (unpaired) electrons. The predicted molar refractivity (Wildman–Crippen MR) is 102 cm³/mol. The van der Waals surface area contributed by atoms with Gasteiger partial charge in [0.1, 0.15) is 0 Å². The number of nitrogens with zero attached hydrogens (tertiary/aromatic N) is 4. The quantitative estimate of drug-likeness (QED) is 0.737. The van der Waals surface area contributed by atoms with Gasteiger partial charge in [-0.2, -0.15) is 30.2 Å². The monoisotopic (exact) mass is 458 g/mol. The molecule has 2 saturated heterocycles. The minimum Gasteiger partial charge on any atom is -0.475 e. The number of fused-ring (bicyclic) bond motifs is 1. The van der Waals surface area contributed by atoms with Crippen LogP contribution in [0.4, 0.5) is 13.2 Å². The molecular weight excluding hydrogens is 433 g/mol. The van der Waals surface area contributed by atoms with Crippen LogP contribution in [-0.2, 0) is 21.5 Å². The Morgan fingerprint density at radius 1 is 1.31 bits per heavy atom. The van der Waals surface area contributed by atoms with Crippen molar-refractivity contribution < 1.29 is 31.5 Å². The Balaban J connectivity index is 0.000000370. The lowest BCUT2D eigenvalue weighted by Crippen LogP contribution is -2.47. The van der Waals surface area contributed by atoms with Gasteiger partial charge in [-0.15, -0.1) is 11.3 Å². The van der Waals surface area contributed by atoms with Crippen LogP contribution in [0.3, 0.4) is 0 Å². The van der Waals surface area contributed by atoms with Gasteiger partial charge in [-0.05, 0) is 25.2 Å². The van der Waals surface area contributed by atoms with Gasteiger partial charge in [0.05, 0.1) is 10.7 Å². The van der Waals surface area contributed by atoms with E-state index in [-0.39, 0.29) is 0 Å². The number of carboxylic acids is 1. The zero-order chi connectivity index (χ0) is 22.0. The Hall–Kier alpha value is -1.28. The lowest BCUT2D eigenvalue weighted by atomic mass is 9.90. The molecule has 1 aromatic rings. The lowest BCUT2D eigenvalue weighted by Gasteiger charge is -2.34. The molecule has 0 amide bonds. The van der Waals surface area contributed by atoms with E-state index in [0.717, 1.165) is 36.8 Å². The van der Waals surface area contributed by atoms with Gasteiger partial charge in [-0.25, -0.2) is 9.78 Å². The standard InChI is InChI=1S/C14H24N4O2S2.C2HF3O2/c1-11-15-14(10-21-11)9-17-6-12-4-5-18(8-13(12)7-17)22(19,20)16(2)3;3-2(4,5)1(6)7/h10,12-13H,4-9H2,1-3H3;(H,6,7)/t12-,13+;/m1./s1. The summed E-state index contributed by atoms with van der Waals surface area (Å²) in [7, 11) is -0.0659. The number of piperidine rings is 1. The van der Waals surface area contributed by atoms with Crippen LogP contribution >= 0.6 is 11.3 Å². The molecule has 0 aliphatic carbocycles. The van der Waals surface area contributed by atoms with E-state index >= 15 is 0 Å². The summed E-state index contributed by atoms with van der Waals surface area (Å²) in [5.74, 6) is -1.69. The maximum absolute atomic E-state index is 12.3.